The van der Waals surface area contributed by atoms with Gasteiger partial charge >= 0.3 is 0 Å². The third-order valence-electron chi connectivity index (χ3n) is 9.51. The van der Waals surface area contributed by atoms with E-state index in [0.717, 1.165) is 33.8 Å². The standard InChI is InChI=1S/C44H40Br2Cl2N4O6/c1-55-31-13-5-27(6-14-31)22-51(23-28-7-15-32(56-2)16-8-28)43-35(21-37(45)41(47)49-43)40(54)38-36(26-53)44(50-42(48)39(38)46)52(24-29-9-17-33(57-3)18-10-29)25-30-11-19-34(58-4)20-12-30/h5-21,26,40,54H,22-25H2,1-4H3. The van der Waals surface area contributed by atoms with Gasteiger partial charge in [-0.25, -0.2) is 9.97 Å². The average Bonchev–Trinajstić information content (AvgIpc) is 3.25. The number of rotatable bonds is 17. The highest BCUT2D eigenvalue weighted by Gasteiger charge is 2.31. The number of carbonyl (C=O) groups excluding carboxylic acids is 1. The molecule has 0 aliphatic carbocycles. The van der Waals surface area contributed by atoms with Gasteiger partial charge in [0, 0.05) is 37.3 Å². The van der Waals surface area contributed by atoms with Crippen LogP contribution in [0.5, 0.6) is 23.0 Å². The molecule has 6 rings (SSSR count). The number of hydrogen-bond donors (Lipinski definition) is 1. The van der Waals surface area contributed by atoms with E-state index >= 15 is 0 Å². The largest absolute Gasteiger partial charge is 0.497 e. The van der Waals surface area contributed by atoms with Crippen molar-refractivity contribution in [3.8, 4) is 23.0 Å². The Hall–Kier alpha value is -4.85. The molecule has 0 saturated carbocycles. The lowest BCUT2D eigenvalue weighted by Crippen LogP contribution is -2.27. The molecule has 0 fully saturated rings. The van der Waals surface area contributed by atoms with Crippen molar-refractivity contribution < 1.29 is 28.8 Å². The number of pyridine rings is 2. The van der Waals surface area contributed by atoms with Crippen molar-refractivity contribution in [1.82, 2.24) is 9.97 Å². The number of aliphatic hydroxyl groups excluding tert-OH is 1. The number of carbonyl (C=O) groups is 1. The molecule has 1 atom stereocenters. The van der Waals surface area contributed by atoms with Crippen LogP contribution in [-0.2, 0) is 26.2 Å². The minimum atomic E-state index is -1.44. The Morgan fingerprint density at radius 1 is 0.603 bits per heavy atom. The second-order valence-corrected chi connectivity index (χ2v) is 15.5. The number of nitrogens with zero attached hydrogens (tertiary/aromatic N) is 4. The molecular weight excluding hydrogens is 911 g/mol. The first-order valence-corrected chi connectivity index (χ1v) is 20.3. The number of hydrogen-bond acceptors (Lipinski definition) is 10. The van der Waals surface area contributed by atoms with Crippen molar-refractivity contribution in [2.24, 2.45) is 0 Å². The number of benzene rings is 4. The number of anilines is 2. The molecule has 58 heavy (non-hydrogen) atoms. The summed E-state index contributed by atoms with van der Waals surface area (Å²) < 4.78 is 22.3. The molecule has 0 saturated heterocycles. The summed E-state index contributed by atoms with van der Waals surface area (Å²) in [6.45, 7) is 1.44. The van der Waals surface area contributed by atoms with Crippen LogP contribution in [0.15, 0.2) is 112 Å². The summed E-state index contributed by atoms with van der Waals surface area (Å²) in [6, 6.07) is 32.4. The maximum atomic E-state index is 13.4. The number of aromatic nitrogens is 2. The highest BCUT2D eigenvalue weighted by Crippen LogP contribution is 2.43. The molecule has 14 heteroatoms. The molecule has 0 radical (unpaired) electrons. The minimum Gasteiger partial charge on any atom is -0.497 e. The smallest absolute Gasteiger partial charge is 0.154 e. The van der Waals surface area contributed by atoms with E-state index in [1.807, 2.05) is 107 Å². The molecule has 4 aromatic carbocycles. The van der Waals surface area contributed by atoms with Crippen LogP contribution in [0.1, 0.15) is 49.8 Å². The first kappa shape index (κ1) is 42.7. The van der Waals surface area contributed by atoms with Crippen molar-refractivity contribution in [3.63, 3.8) is 0 Å². The number of aliphatic hydroxyl groups is 1. The fourth-order valence-corrected chi connectivity index (χ4v) is 7.65. The molecule has 0 aliphatic heterocycles. The lowest BCUT2D eigenvalue weighted by molar-refractivity contribution is 0.111. The fraction of sp³-hybridized carbons (Fsp3) is 0.205. The predicted octanol–water partition coefficient (Wildman–Crippen LogP) is 10.7. The molecule has 0 aliphatic rings. The maximum Gasteiger partial charge on any atom is 0.154 e. The maximum absolute atomic E-state index is 13.4. The Labute approximate surface area is 364 Å². The van der Waals surface area contributed by atoms with Gasteiger partial charge in [0.05, 0.1) is 42.9 Å². The highest BCUT2D eigenvalue weighted by molar-refractivity contribution is 9.11. The van der Waals surface area contributed by atoms with Gasteiger partial charge in [0.15, 0.2) is 6.29 Å². The molecule has 0 amide bonds. The first-order chi connectivity index (χ1) is 28.0. The number of methoxy groups -OCH3 is 4. The predicted molar refractivity (Wildman–Crippen MR) is 235 cm³/mol. The Bertz CT molecular complexity index is 2240. The summed E-state index contributed by atoms with van der Waals surface area (Å²) in [5, 5.41) is 12.9. The molecule has 0 bridgehead atoms. The van der Waals surface area contributed by atoms with Gasteiger partial charge in [-0.3, -0.25) is 4.79 Å². The van der Waals surface area contributed by atoms with E-state index in [-0.39, 0.29) is 31.7 Å². The van der Waals surface area contributed by atoms with Crippen molar-refractivity contribution in [2.45, 2.75) is 32.3 Å². The molecule has 2 heterocycles. The molecule has 1 N–H and O–H groups in total. The van der Waals surface area contributed by atoms with Gasteiger partial charge in [-0.15, -0.1) is 0 Å². The summed E-state index contributed by atoms with van der Waals surface area (Å²) in [4.78, 5) is 26.9. The van der Waals surface area contributed by atoms with E-state index in [9.17, 15) is 9.90 Å². The summed E-state index contributed by atoms with van der Waals surface area (Å²) in [6.07, 6.45) is -0.746. The first-order valence-electron chi connectivity index (χ1n) is 17.9. The van der Waals surface area contributed by atoms with Gasteiger partial charge in [0.25, 0.3) is 0 Å². The van der Waals surface area contributed by atoms with Gasteiger partial charge < -0.3 is 33.9 Å². The zero-order valence-corrected chi connectivity index (χ0v) is 36.8. The monoisotopic (exact) mass is 948 g/mol. The van der Waals surface area contributed by atoms with E-state index in [2.05, 4.69) is 31.9 Å². The molecular formula is C44H40Br2Cl2N4O6. The molecule has 0 spiro atoms. The highest BCUT2D eigenvalue weighted by atomic mass is 79.9. The van der Waals surface area contributed by atoms with Crippen LogP contribution in [0, 0.1) is 0 Å². The van der Waals surface area contributed by atoms with E-state index in [0.29, 0.717) is 59.8 Å². The zero-order valence-electron chi connectivity index (χ0n) is 32.1. The van der Waals surface area contributed by atoms with Gasteiger partial charge in [-0.1, -0.05) is 71.7 Å². The number of halogens is 4. The second-order valence-electron chi connectivity index (χ2n) is 13.2. The van der Waals surface area contributed by atoms with E-state index < -0.39 is 6.10 Å². The fourth-order valence-electron chi connectivity index (χ4n) is 6.47. The Morgan fingerprint density at radius 3 is 1.29 bits per heavy atom. The lowest BCUT2D eigenvalue weighted by Gasteiger charge is -2.30. The third-order valence-corrected chi connectivity index (χ3v) is 11.9. The van der Waals surface area contributed by atoms with Gasteiger partial charge in [-0.05, 0) is 109 Å². The van der Waals surface area contributed by atoms with Crippen LogP contribution in [0.2, 0.25) is 10.3 Å². The average molecular weight is 952 g/mol. The zero-order chi connectivity index (χ0) is 41.3. The normalized spacial score (nSPS) is 11.5. The Kier molecular flexibility index (Phi) is 14.5. The van der Waals surface area contributed by atoms with Gasteiger partial charge in [0.2, 0.25) is 0 Å². The summed E-state index contributed by atoms with van der Waals surface area (Å²) in [5.41, 5.74) is 4.47. The topological polar surface area (TPSA) is 106 Å². The minimum absolute atomic E-state index is 0.0555. The van der Waals surface area contributed by atoms with E-state index in [1.165, 1.54) is 0 Å². The van der Waals surface area contributed by atoms with Gasteiger partial charge in [0.1, 0.15) is 51.0 Å². The number of ether oxygens (including phenoxy) is 4. The summed E-state index contributed by atoms with van der Waals surface area (Å²) >= 11 is 20.8. The SMILES string of the molecule is COc1ccc(CN(Cc2ccc(OC)cc2)c2nc(Cl)c(Br)cc2C(O)c2c(Br)c(Cl)nc(N(Cc3ccc(OC)cc3)Cc3ccc(OC)cc3)c2C=O)cc1. The van der Waals surface area contributed by atoms with E-state index in [1.54, 1.807) is 34.5 Å². The molecule has 6 aromatic rings. The molecule has 1 unspecified atom stereocenters. The quantitative estimate of drug-likeness (QED) is 0.0702. The molecule has 10 nitrogen and oxygen atoms in total. The number of aldehydes is 1. The summed E-state index contributed by atoms with van der Waals surface area (Å²) in [5.74, 6) is 3.52. The Morgan fingerprint density at radius 2 is 0.948 bits per heavy atom. The van der Waals surface area contributed by atoms with Gasteiger partial charge in [-0.2, -0.15) is 0 Å². The van der Waals surface area contributed by atoms with Crippen LogP contribution < -0.4 is 28.7 Å². The van der Waals surface area contributed by atoms with Crippen LogP contribution >= 0.6 is 55.1 Å². The molecule has 2 aromatic heterocycles. The Balaban J connectivity index is 1.49. The lowest BCUT2D eigenvalue weighted by atomic mass is 9.97. The summed E-state index contributed by atoms with van der Waals surface area (Å²) in [7, 11) is 6.46. The van der Waals surface area contributed by atoms with Crippen LogP contribution in [0.25, 0.3) is 0 Å². The van der Waals surface area contributed by atoms with Crippen LogP contribution in [-0.4, -0.2) is 49.8 Å². The molecule has 300 valence electrons. The second kappa shape index (κ2) is 19.7. The van der Waals surface area contributed by atoms with Crippen molar-refractivity contribution in [2.75, 3.05) is 38.2 Å². The van der Waals surface area contributed by atoms with E-state index in [4.69, 9.17) is 52.1 Å². The van der Waals surface area contributed by atoms with Crippen molar-refractivity contribution in [3.05, 3.63) is 161 Å². The van der Waals surface area contributed by atoms with Crippen molar-refractivity contribution in [1.29, 1.82) is 0 Å². The van der Waals surface area contributed by atoms with Crippen molar-refractivity contribution >= 4 is 73.0 Å². The third kappa shape index (κ3) is 10.0. The van der Waals surface area contributed by atoms with Crippen LogP contribution in [0.4, 0.5) is 11.6 Å². The van der Waals surface area contributed by atoms with Crippen LogP contribution in [0.3, 0.4) is 0 Å².